The molecule has 24 heavy (non-hydrogen) atoms. The Morgan fingerprint density at radius 3 is 2.79 bits per heavy atom. The molecule has 2 amide bonds. The first-order valence-corrected chi connectivity index (χ1v) is 8.53. The van der Waals surface area contributed by atoms with E-state index in [-0.39, 0.29) is 12.1 Å². The zero-order valence-corrected chi connectivity index (χ0v) is 15.0. The van der Waals surface area contributed by atoms with Gasteiger partial charge in [0.2, 0.25) is 0 Å². The molecule has 2 aliphatic heterocycles. The number of hydrogen-bond acceptors (Lipinski definition) is 3. The number of nitrogens with zero attached hydrogens (tertiary/aromatic N) is 1. The molecule has 2 heterocycles. The van der Waals surface area contributed by atoms with Gasteiger partial charge >= 0.3 is 6.03 Å². The van der Waals surface area contributed by atoms with E-state index in [0.717, 1.165) is 15.7 Å². The standard InChI is InChI=1S/C18H17BrN2O3/c1-18-10-14(13-8-11(19)9-15(23-2)16(13)24-18)20-17(22)21(18)12-6-4-3-5-7-12/h3-9,14H,10H2,1-2H3,(H,20,22). The van der Waals surface area contributed by atoms with Gasteiger partial charge in [-0.2, -0.15) is 0 Å². The van der Waals surface area contributed by atoms with Crippen LogP contribution in [0.25, 0.3) is 0 Å². The second-order valence-corrected chi connectivity index (χ2v) is 7.10. The predicted octanol–water partition coefficient (Wildman–Crippen LogP) is 4.23. The summed E-state index contributed by atoms with van der Waals surface area (Å²) in [5.74, 6) is 1.33. The number of rotatable bonds is 2. The summed E-state index contributed by atoms with van der Waals surface area (Å²) in [5.41, 5.74) is 0.956. The molecular weight excluding hydrogens is 372 g/mol. The lowest BCUT2D eigenvalue weighted by molar-refractivity contribution is 0.0349. The van der Waals surface area contributed by atoms with Crippen molar-refractivity contribution in [2.45, 2.75) is 25.1 Å². The summed E-state index contributed by atoms with van der Waals surface area (Å²) in [6.07, 6.45) is 0.653. The summed E-state index contributed by atoms with van der Waals surface area (Å²) in [7, 11) is 1.62. The number of amides is 2. The topological polar surface area (TPSA) is 50.8 Å². The summed E-state index contributed by atoms with van der Waals surface area (Å²) in [5, 5.41) is 3.09. The predicted molar refractivity (Wildman–Crippen MR) is 94.5 cm³/mol. The second-order valence-electron chi connectivity index (χ2n) is 6.18. The number of carbonyl (C=O) groups is 1. The van der Waals surface area contributed by atoms with Gasteiger partial charge in [0.15, 0.2) is 17.2 Å². The molecule has 1 N–H and O–H groups in total. The molecule has 0 aliphatic carbocycles. The Hall–Kier alpha value is -2.21. The summed E-state index contributed by atoms with van der Waals surface area (Å²) < 4.78 is 12.7. The number of ether oxygens (including phenoxy) is 2. The van der Waals surface area contributed by atoms with E-state index in [1.165, 1.54) is 0 Å². The monoisotopic (exact) mass is 388 g/mol. The fraction of sp³-hybridized carbons (Fsp3) is 0.278. The first kappa shape index (κ1) is 15.3. The van der Waals surface area contributed by atoms with Gasteiger partial charge in [0.1, 0.15) is 0 Å². The lowest BCUT2D eigenvalue weighted by atomic mass is 9.90. The number of urea groups is 1. The third-order valence-corrected chi connectivity index (χ3v) is 4.99. The number of benzene rings is 2. The lowest BCUT2D eigenvalue weighted by Gasteiger charge is -2.50. The van der Waals surface area contributed by atoms with Gasteiger partial charge in [-0.15, -0.1) is 0 Å². The van der Waals surface area contributed by atoms with Crippen molar-refractivity contribution in [2.75, 3.05) is 12.0 Å². The van der Waals surface area contributed by atoms with E-state index in [2.05, 4.69) is 21.2 Å². The Kier molecular flexibility index (Phi) is 3.46. The lowest BCUT2D eigenvalue weighted by Crippen LogP contribution is -2.65. The van der Waals surface area contributed by atoms with Crippen LogP contribution in [-0.4, -0.2) is 18.9 Å². The van der Waals surface area contributed by atoms with Crippen LogP contribution in [0.1, 0.15) is 24.9 Å². The number of carbonyl (C=O) groups excluding carboxylic acids is 1. The highest BCUT2D eigenvalue weighted by Crippen LogP contribution is 2.50. The Bertz CT molecular complexity index is 811. The Morgan fingerprint density at radius 1 is 1.33 bits per heavy atom. The Labute approximate surface area is 148 Å². The summed E-state index contributed by atoms with van der Waals surface area (Å²) in [4.78, 5) is 14.4. The van der Waals surface area contributed by atoms with E-state index in [4.69, 9.17) is 9.47 Å². The molecule has 124 valence electrons. The highest BCUT2D eigenvalue weighted by Gasteiger charge is 2.50. The average Bonchev–Trinajstić information content (AvgIpc) is 2.55. The zero-order chi connectivity index (χ0) is 16.9. The molecule has 2 unspecified atom stereocenters. The van der Waals surface area contributed by atoms with Crippen molar-refractivity contribution in [3.05, 3.63) is 52.5 Å². The van der Waals surface area contributed by atoms with Gasteiger partial charge in [0.05, 0.1) is 13.2 Å². The van der Waals surface area contributed by atoms with Gasteiger partial charge < -0.3 is 14.8 Å². The van der Waals surface area contributed by atoms with Crippen LogP contribution in [0.2, 0.25) is 0 Å². The van der Waals surface area contributed by atoms with Gasteiger partial charge in [-0.05, 0) is 31.2 Å². The number of nitrogens with one attached hydrogen (secondary N) is 1. The van der Waals surface area contributed by atoms with Gasteiger partial charge in [0, 0.05) is 22.1 Å². The van der Waals surface area contributed by atoms with Gasteiger partial charge in [-0.3, -0.25) is 4.90 Å². The maximum Gasteiger partial charge on any atom is 0.325 e. The van der Waals surface area contributed by atoms with Gasteiger partial charge in [0.25, 0.3) is 0 Å². The molecular formula is C18H17BrN2O3. The first-order valence-electron chi connectivity index (χ1n) is 7.74. The minimum atomic E-state index is -0.775. The molecule has 1 fully saturated rings. The number of methoxy groups -OCH3 is 1. The molecule has 0 aromatic heterocycles. The molecule has 2 bridgehead atoms. The first-order chi connectivity index (χ1) is 11.5. The van der Waals surface area contributed by atoms with Crippen molar-refractivity contribution in [1.82, 2.24) is 5.32 Å². The molecule has 2 aromatic carbocycles. The molecule has 4 rings (SSSR count). The van der Waals surface area contributed by atoms with E-state index in [0.29, 0.717) is 17.9 Å². The van der Waals surface area contributed by atoms with E-state index in [1.54, 1.807) is 12.0 Å². The minimum absolute atomic E-state index is 0.113. The van der Waals surface area contributed by atoms with Crippen LogP contribution in [0.4, 0.5) is 10.5 Å². The van der Waals surface area contributed by atoms with Crippen LogP contribution < -0.4 is 19.7 Å². The summed E-state index contributed by atoms with van der Waals surface area (Å²) in [6.45, 7) is 1.94. The van der Waals surface area contributed by atoms with E-state index in [1.807, 2.05) is 49.4 Å². The average molecular weight is 389 g/mol. The van der Waals surface area contributed by atoms with Crippen LogP contribution in [0.3, 0.4) is 0 Å². The molecule has 1 saturated heterocycles. The number of fused-ring (bicyclic) bond motifs is 4. The van der Waals surface area contributed by atoms with Crippen molar-refractivity contribution in [3.8, 4) is 11.5 Å². The summed E-state index contributed by atoms with van der Waals surface area (Å²) in [6, 6.07) is 13.1. The van der Waals surface area contributed by atoms with Crippen molar-refractivity contribution < 1.29 is 14.3 Å². The van der Waals surface area contributed by atoms with E-state index < -0.39 is 5.72 Å². The van der Waals surface area contributed by atoms with Crippen LogP contribution in [-0.2, 0) is 0 Å². The van der Waals surface area contributed by atoms with Crippen LogP contribution in [0, 0.1) is 0 Å². The normalized spacial score (nSPS) is 24.7. The van der Waals surface area contributed by atoms with Crippen molar-refractivity contribution in [2.24, 2.45) is 0 Å². The molecule has 2 aromatic rings. The Morgan fingerprint density at radius 2 is 2.08 bits per heavy atom. The fourth-order valence-electron chi connectivity index (χ4n) is 3.52. The largest absolute Gasteiger partial charge is 0.493 e. The molecule has 5 nitrogen and oxygen atoms in total. The Balaban J connectivity index is 1.84. The highest BCUT2D eigenvalue weighted by molar-refractivity contribution is 9.10. The third kappa shape index (κ3) is 2.24. The molecule has 0 spiro atoms. The molecule has 0 radical (unpaired) electrons. The van der Waals surface area contributed by atoms with E-state index >= 15 is 0 Å². The van der Waals surface area contributed by atoms with Crippen molar-refractivity contribution in [1.29, 1.82) is 0 Å². The van der Waals surface area contributed by atoms with Gasteiger partial charge in [-0.25, -0.2) is 4.79 Å². The molecule has 2 atom stereocenters. The molecule has 0 saturated carbocycles. The molecule has 6 heteroatoms. The van der Waals surface area contributed by atoms with Gasteiger partial charge in [-0.1, -0.05) is 34.1 Å². The number of para-hydroxylation sites is 1. The van der Waals surface area contributed by atoms with Crippen molar-refractivity contribution in [3.63, 3.8) is 0 Å². The quantitative estimate of drug-likeness (QED) is 0.837. The SMILES string of the molecule is COc1cc(Br)cc2c1OC1(C)CC2NC(=O)N1c1ccccc1. The summed E-state index contributed by atoms with van der Waals surface area (Å²) >= 11 is 3.49. The minimum Gasteiger partial charge on any atom is -0.493 e. The number of hydrogen-bond donors (Lipinski definition) is 1. The fourth-order valence-corrected chi connectivity index (χ4v) is 3.97. The highest BCUT2D eigenvalue weighted by atomic mass is 79.9. The number of anilines is 1. The molecule has 2 aliphatic rings. The maximum atomic E-state index is 12.8. The zero-order valence-electron chi connectivity index (χ0n) is 13.4. The maximum absolute atomic E-state index is 12.8. The van der Waals surface area contributed by atoms with Crippen LogP contribution in [0.15, 0.2) is 46.9 Å². The second kappa shape index (κ2) is 5.41. The third-order valence-electron chi connectivity index (χ3n) is 4.54. The number of halogens is 1. The van der Waals surface area contributed by atoms with Crippen molar-refractivity contribution >= 4 is 27.6 Å². The van der Waals surface area contributed by atoms with E-state index in [9.17, 15) is 4.79 Å². The smallest absolute Gasteiger partial charge is 0.325 e. The van der Waals surface area contributed by atoms with Crippen LogP contribution >= 0.6 is 15.9 Å². The van der Waals surface area contributed by atoms with Crippen LogP contribution in [0.5, 0.6) is 11.5 Å².